The van der Waals surface area contributed by atoms with Crippen LogP contribution in [0.15, 0.2) is 12.4 Å². The second kappa shape index (κ2) is 11.2. The molecule has 0 aliphatic heterocycles. The van der Waals surface area contributed by atoms with Gasteiger partial charge in [-0.05, 0) is 67.8 Å². The van der Waals surface area contributed by atoms with E-state index >= 15 is 0 Å². The molecule has 2 fully saturated rings. The van der Waals surface area contributed by atoms with E-state index < -0.39 is 0 Å². The summed E-state index contributed by atoms with van der Waals surface area (Å²) in [5, 5.41) is 0. The minimum Gasteiger partial charge on any atom is -0.241 e. The molecule has 2 saturated carbocycles. The molecule has 0 unspecified atom stereocenters. The van der Waals surface area contributed by atoms with Crippen LogP contribution >= 0.6 is 0 Å². The summed E-state index contributed by atoms with van der Waals surface area (Å²) in [6.45, 7) is 4.48. The topological polar surface area (TPSA) is 25.8 Å². The Kier molecular flexibility index (Phi) is 8.61. The third-order valence-corrected chi connectivity index (χ3v) is 7.61. The maximum absolute atomic E-state index is 4.54. The first-order valence-corrected chi connectivity index (χ1v) is 12.1. The average Bonchev–Trinajstić information content (AvgIpc) is 2.74. The smallest absolute Gasteiger partial charge is 0.128 e. The zero-order valence-corrected chi connectivity index (χ0v) is 18.0. The molecule has 2 aliphatic rings. The Morgan fingerprint density at radius 2 is 1.30 bits per heavy atom. The Labute approximate surface area is 168 Å². The van der Waals surface area contributed by atoms with Crippen LogP contribution in [0.3, 0.4) is 0 Å². The van der Waals surface area contributed by atoms with Gasteiger partial charge in [-0.3, -0.25) is 0 Å². The van der Waals surface area contributed by atoms with Gasteiger partial charge in [-0.2, -0.15) is 0 Å². The number of rotatable bonds is 9. The lowest BCUT2D eigenvalue weighted by atomic mass is 9.68. The van der Waals surface area contributed by atoms with Gasteiger partial charge in [-0.15, -0.1) is 0 Å². The standard InChI is InChI=1S/C25H42N2/c1-3-5-6-7-21-8-13-23(14-9-21)24-15-10-22(11-16-24)12-17-25-26-18-20(4-2)19-27-25/h18-19,21-24H,3-17H2,1-2H3/t21-,22-,23-,24-. The van der Waals surface area contributed by atoms with Gasteiger partial charge >= 0.3 is 0 Å². The molecular formula is C25H42N2. The molecule has 1 heterocycles. The van der Waals surface area contributed by atoms with E-state index in [1.807, 2.05) is 12.4 Å². The summed E-state index contributed by atoms with van der Waals surface area (Å²) in [6.07, 6.45) is 25.2. The van der Waals surface area contributed by atoms with Gasteiger partial charge in [0.2, 0.25) is 0 Å². The summed E-state index contributed by atoms with van der Waals surface area (Å²) >= 11 is 0. The largest absolute Gasteiger partial charge is 0.241 e. The molecule has 0 bridgehead atoms. The van der Waals surface area contributed by atoms with E-state index in [9.17, 15) is 0 Å². The maximum Gasteiger partial charge on any atom is 0.128 e. The molecule has 0 amide bonds. The van der Waals surface area contributed by atoms with Crippen molar-refractivity contribution in [3.8, 4) is 0 Å². The highest BCUT2D eigenvalue weighted by Crippen LogP contribution is 2.43. The average molecular weight is 371 g/mol. The minimum atomic E-state index is 0.918. The first-order valence-electron chi connectivity index (χ1n) is 12.1. The Morgan fingerprint density at radius 3 is 1.81 bits per heavy atom. The molecule has 0 atom stereocenters. The lowest BCUT2D eigenvalue weighted by molar-refractivity contribution is 0.140. The van der Waals surface area contributed by atoms with Crippen LogP contribution in [0.1, 0.15) is 109 Å². The molecule has 1 aromatic rings. The van der Waals surface area contributed by atoms with E-state index in [-0.39, 0.29) is 0 Å². The van der Waals surface area contributed by atoms with Crippen LogP contribution in [0.2, 0.25) is 0 Å². The van der Waals surface area contributed by atoms with Crippen molar-refractivity contribution in [1.82, 2.24) is 9.97 Å². The summed E-state index contributed by atoms with van der Waals surface area (Å²) in [5.41, 5.74) is 1.25. The summed E-state index contributed by atoms with van der Waals surface area (Å²) < 4.78 is 0. The second-order valence-electron chi connectivity index (χ2n) is 9.46. The lowest BCUT2D eigenvalue weighted by Gasteiger charge is -2.38. The number of aryl methyl sites for hydroxylation is 2. The Morgan fingerprint density at radius 1 is 0.741 bits per heavy atom. The molecule has 0 spiro atoms. The quantitative estimate of drug-likeness (QED) is 0.431. The van der Waals surface area contributed by atoms with Gasteiger partial charge in [0.15, 0.2) is 0 Å². The van der Waals surface area contributed by atoms with E-state index in [1.54, 1.807) is 0 Å². The van der Waals surface area contributed by atoms with Gasteiger partial charge in [0.1, 0.15) is 5.82 Å². The van der Waals surface area contributed by atoms with Crippen LogP contribution in [0.5, 0.6) is 0 Å². The summed E-state index contributed by atoms with van der Waals surface area (Å²) in [5.74, 6) is 5.12. The van der Waals surface area contributed by atoms with E-state index in [0.717, 1.165) is 42.3 Å². The molecule has 27 heavy (non-hydrogen) atoms. The first-order chi connectivity index (χ1) is 13.3. The number of nitrogens with zero attached hydrogens (tertiary/aromatic N) is 2. The fourth-order valence-corrected chi connectivity index (χ4v) is 5.61. The second-order valence-corrected chi connectivity index (χ2v) is 9.46. The van der Waals surface area contributed by atoms with Crippen LogP contribution in [0.4, 0.5) is 0 Å². The third kappa shape index (κ3) is 6.57. The van der Waals surface area contributed by atoms with Crippen LogP contribution in [-0.4, -0.2) is 9.97 Å². The third-order valence-electron chi connectivity index (χ3n) is 7.61. The van der Waals surface area contributed by atoms with Gasteiger partial charge in [0, 0.05) is 18.8 Å². The van der Waals surface area contributed by atoms with E-state index in [0.29, 0.717) is 0 Å². The Hall–Kier alpha value is -0.920. The van der Waals surface area contributed by atoms with E-state index in [4.69, 9.17) is 0 Å². The zero-order valence-electron chi connectivity index (χ0n) is 18.0. The highest BCUT2D eigenvalue weighted by atomic mass is 14.9. The van der Waals surface area contributed by atoms with Crippen LogP contribution in [-0.2, 0) is 12.8 Å². The molecule has 152 valence electrons. The van der Waals surface area contributed by atoms with E-state index in [2.05, 4.69) is 23.8 Å². The minimum absolute atomic E-state index is 0.918. The first kappa shape index (κ1) is 20.8. The van der Waals surface area contributed by atoms with Crippen LogP contribution in [0.25, 0.3) is 0 Å². The lowest BCUT2D eigenvalue weighted by Crippen LogP contribution is -2.26. The molecule has 3 rings (SSSR count). The number of hydrogen-bond acceptors (Lipinski definition) is 2. The normalized spacial score (nSPS) is 29.0. The van der Waals surface area contributed by atoms with Crippen molar-refractivity contribution in [3.05, 3.63) is 23.8 Å². The van der Waals surface area contributed by atoms with Crippen molar-refractivity contribution in [2.24, 2.45) is 23.7 Å². The summed E-state index contributed by atoms with van der Waals surface area (Å²) in [6, 6.07) is 0. The Bertz CT molecular complexity index is 508. The predicted octanol–water partition coefficient (Wildman–Crippen LogP) is 7.16. The highest BCUT2D eigenvalue weighted by molar-refractivity contribution is 5.04. The van der Waals surface area contributed by atoms with Gasteiger partial charge in [-0.1, -0.05) is 65.2 Å². The predicted molar refractivity (Wildman–Crippen MR) is 115 cm³/mol. The van der Waals surface area contributed by atoms with Gasteiger partial charge in [0.05, 0.1) is 0 Å². The van der Waals surface area contributed by atoms with Crippen molar-refractivity contribution < 1.29 is 0 Å². The van der Waals surface area contributed by atoms with Crippen LogP contribution in [0, 0.1) is 23.7 Å². The van der Waals surface area contributed by atoms with Crippen molar-refractivity contribution >= 4 is 0 Å². The molecule has 0 aromatic carbocycles. The van der Waals surface area contributed by atoms with Crippen LogP contribution < -0.4 is 0 Å². The summed E-state index contributed by atoms with van der Waals surface area (Å²) in [7, 11) is 0. The molecule has 0 radical (unpaired) electrons. The fraction of sp³-hybridized carbons (Fsp3) is 0.840. The van der Waals surface area contributed by atoms with Gasteiger partial charge in [0.25, 0.3) is 0 Å². The molecule has 2 heteroatoms. The molecule has 2 aliphatic carbocycles. The summed E-state index contributed by atoms with van der Waals surface area (Å²) in [4.78, 5) is 9.09. The zero-order chi connectivity index (χ0) is 18.9. The van der Waals surface area contributed by atoms with Crippen molar-refractivity contribution in [3.63, 3.8) is 0 Å². The van der Waals surface area contributed by atoms with Crippen molar-refractivity contribution in [2.75, 3.05) is 0 Å². The molecule has 2 nitrogen and oxygen atoms in total. The molecule has 0 saturated heterocycles. The van der Waals surface area contributed by atoms with Crippen molar-refractivity contribution in [1.29, 1.82) is 0 Å². The SMILES string of the molecule is CCCCC[C@H]1CC[C@H]([C@H]2CC[C@H](CCc3ncc(CC)cn3)CC2)CC1. The maximum atomic E-state index is 4.54. The van der Waals surface area contributed by atoms with Gasteiger partial charge < -0.3 is 0 Å². The number of hydrogen-bond donors (Lipinski definition) is 0. The fourth-order valence-electron chi connectivity index (χ4n) is 5.61. The van der Waals surface area contributed by atoms with E-state index in [1.165, 1.54) is 89.0 Å². The van der Waals surface area contributed by atoms with Gasteiger partial charge in [-0.25, -0.2) is 9.97 Å². The molecule has 0 N–H and O–H groups in total. The monoisotopic (exact) mass is 370 g/mol. The molecular weight excluding hydrogens is 328 g/mol. The highest BCUT2D eigenvalue weighted by Gasteiger charge is 2.30. The molecule has 1 aromatic heterocycles. The number of unbranched alkanes of at least 4 members (excludes halogenated alkanes) is 2. The van der Waals surface area contributed by atoms with Crippen molar-refractivity contribution in [2.45, 2.75) is 110 Å². The Balaban J connectivity index is 1.32. The number of aromatic nitrogens is 2.